The SMILES string of the molecule is CCNCc1cncnc1N(CC)CCOCC. The average molecular weight is 252 g/mol. The number of likely N-dealkylation sites (N-methyl/N-ethyl adjacent to an activating group) is 1. The molecule has 0 aliphatic heterocycles. The molecule has 0 fully saturated rings. The fourth-order valence-corrected chi connectivity index (χ4v) is 1.75. The highest BCUT2D eigenvalue weighted by Crippen LogP contribution is 2.15. The molecule has 1 aromatic heterocycles. The Kier molecular flexibility index (Phi) is 7.29. The number of hydrogen-bond acceptors (Lipinski definition) is 5. The molecule has 0 spiro atoms. The van der Waals surface area contributed by atoms with Crippen molar-refractivity contribution < 1.29 is 4.74 Å². The molecule has 0 atom stereocenters. The summed E-state index contributed by atoms with van der Waals surface area (Å²) in [6, 6.07) is 0. The normalized spacial score (nSPS) is 10.6. The van der Waals surface area contributed by atoms with Crippen molar-refractivity contribution in [3.63, 3.8) is 0 Å². The van der Waals surface area contributed by atoms with Crippen LogP contribution in [0.4, 0.5) is 5.82 Å². The van der Waals surface area contributed by atoms with Crippen LogP contribution in [0.15, 0.2) is 12.5 Å². The van der Waals surface area contributed by atoms with Crippen LogP contribution in [-0.4, -0.2) is 42.8 Å². The van der Waals surface area contributed by atoms with Crippen molar-refractivity contribution in [2.45, 2.75) is 27.3 Å². The smallest absolute Gasteiger partial charge is 0.136 e. The number of ether oxygens (including phenoxy) is 1. The quantitative estimate of drug-likeness (QED) is 0.674. The molecule has 18 heavy (non-hydrogen) atoms. The molecule has 0 saturated heterocycles. The van der Waals surface area contributed by atoms with E-state index in [2.05, 4.69) is 34.0 Å². The Morgan fingerprint density at radius 3 is 2.83 bits per heavy atom. The fraction of sp³-hybridized carbons (Fsp3) is 0.692. The summed E-state index contributed by atoms with van der Waals surface area (Å²) in [6.45, 7) is 11.3. The van der Waals surface area contributed by atoms with Crippen molar-refractivity contribution in [2.24, 2.45) is 0 Å². The van der Waals surface area contributed by atoms with Crippen molar-refractivity contribution in [3.8, 4) is 0 Å². The number of nitrogens with one attached hydrogen (secondary N) is 1. The zero-order chi connectivity index (χ0) is 13.2. The molecule has 1 rings (SSSR count). The lowest BCUT2D eigenvalue weighted by Crippen LogP contribution is -2.30. The van der Waals surface area contributed by atoms with E-state index in [1.807, 2.05) is 13.1 Å². The number of aromatic nitrogens is 2. The molecule has 0 saturated carbocycles. The summed E-state index contributed by atoms with van der Waals surface area (Å²) >= 11 is 0. The lowest BCUT2D eigenvalue weighted by Gasteiger charge is -2.24. The lowest BCUT2D eigenvalue weighted by molar-refractivity contribution is 0.154. The largest absolute Gasteiger partial charge is 0.380 e. The first-order valence-electron chi connectivity index (χ1n) is 6.65. The minimum absolute atomic E-state index is 0.731. The minimum Gasteiger partial charge on any atom is -0.380 e. The first-order valence-corrected chi connectivity index (χ1v) is 6.65. The van der Waals surface area contributed by atoms with E-state index in [-0.39, 0.29) is 0 Å². The van der Waals surface area contributed by atoms with E-state index in [0.717, 1.165) is 50.8 Å². The highest BCUT2D eigenvalue weighted by atomic mass is 16.5. The van der Waals surface area contributed by atoms with Gasteiger partial charge in [-0.15, -0.1) is 0 Å². The maximum atomic E-state index is 5.41. The Hall–Kier alpha value is -1.20. The number of hydrogen-bond donors (Lipinski definition) is 1. The molecule has 5 heteroatoms. The van der Waals surface area contributed by atoms with E-state index in [1.54, 1.807) is 6.33 Å². The van der Waals surface area contributed by atoms with Crippen LogP contribution in [0.1, 0.15) is 26.3 Å². The fourth-order valence-electron chi connectivity index (χ4n) is 1.75. The molecule has 0 aliphatic rings. The van der Waals surface area contributed by atoms with Gasteiger partial charge in [0.1, 0.15) is 12.1 Å². The second-order valence-corrected chi connectivity index (χ2v) is 3.93. The number of rotatable bonds is 9. The zero-order valence-electron chi connectivity index (χ0n) is 11.6. The molecule has 0 aliphatic carbocycles. The molecular weight excluding hydrogens is 228 g/mol. The second kappa shape index (κ2) is 8.83. The Balaban J connectivity index is 2.70. The van der Waals surface area contributed by atoms with Crippen LogP contribution >= 0.6 is 0 Å². The van der Waals surface area contributed by atoms with Crippen LogP contribution in [-0.2, 0) is 11.3 Å². The number of anilines is 1. The molecule has 102 valence electrons. The van der Waals surface area contributed by atoms with Crippen LogP contribution in [0.3, 0.4) is 0 Å². The predicted octanol–water partition coefficient (Wildman–Crippen LogP) is 1.45. The van der Waals surface area contributed by atoms with Crippen molar-refractivity contribution >= 4 is 5.82 Å². The Morgan fingerprint density at radius 1 is 1.33 bits per heavy atom. The summed E-state index contributed by atoms with van der Waals surface area (Å²) in [6.07, 6.45) is 3.49. The highest BCUT2D eigenvalue weighted by molar-refractivity contribution is 5.45. The molecule has 0 radical (unpaired) electrons. The zero-order valence-corrected chi connectivity index (χ0v) is 11.6. The van der Waals surface area contributed by atoms with Gasteiger partial charge in [0.25, 0.3) is 0 Å². The molecular formula is C13H24N4O. The molecule has 0 amide bonds. The molecule has 1 aromatic rings. The van der Waals surface area contributed by atoms with E-state index in [4.69, 9.17) is 4.74 Å². The monoisotopic (exact) mass is 252 g/mol. The standard InChI is InChI=1S/C13H24N4O/c1-4-14-9-12-10-15-11-16-13(12)17(5-2)7-8-18-6-3/h10-11,14H,4-9H2,1-3H3. The van der Waals surface area contributed by atoms with E-state index in [0.29, 0.717) is 0 Å². The Labute approximate surface area is 110 Å². The van der Waals surface area contributed by atoms with Gasteiger partial charge >= 0.3 is 0 Å². The second-order valence-electron chi connectivity index (χ2n) is 3.93. The van der Waals surface area contributed by atoms with Crippen LogP contribution in [0.2, 0.25) is 0 Å². The van der Waals surface area contributed by atoms with Gasteiger partial charge in [-0.1, -0.05) is 6.92 Å². The van der Waals surface area contributed by atoms with Gasteiger partial charge < -0.3 is 15.0 Å². The summed E-state index contributed by atoms with van der Waals surface area (Å²) in [5.74, 6) is 1.01. The predicted molar refractivity (Wildman–Crippen MR) is 73.8 cm³/mol. The maximum absolute atomic E-state index is 5.41. The first kappa shape index (κ1) is 14.9. The van der Waals surface area contributed by atoms with Gasteiger partial charge in [-0.05, 0) is 20.4 Å². The average Bonchev–Trinajstić information content (AvgIpc) is 2.42. The molecule has 0 unspecified atom stereocenters. The summed E-state index contributed by atoms with van der Waals surface area (Å²) < 4.78 is 5.41. The van der Waals surface area contributed by atoms with Crippen molar-refractivity contribution in [2.75, 3.05) is 37.7 Å². The van der Waals surface area contributed by atoms with Gasteiger partial charge in [-0.25, -0.2) is 9.97 Å². The van der Waals surface area contributed by atoms with Gasteiger partial charge in [0.2, 0.25) is 0 Å². The van der Waals surface area contributed by atoms with Gasteiger partial charge in [0.05, 0.1) is 6.61 Å². The van der Waals surface area contributed by atoms with Crippen LogP contribution in [0.25, 0.3) is 0 Å². The van der Waals surface area contributed by atoms with E-state index in [1.165, 1.54) is 0 Å². The van der Waals surface area contributed by atoms with Gasteiger partial charge in [-0.3, -0.25) is 0 Å². The highest BCUT2D eigenvalue weighted by Gasteiger charge is 2.10. The third kappa shape index (κ3) is 4.58. The number of nitrogens with zero attached hydrogens (tertiary/aromatic N) is 3. The van der Waals surface area contributed by atoms with Gasteiger partial charge in [-0.2, -0.15) is 0 Å². The summed E-state index contributed by atoms with van der Waals surface area (Å²) in [5, 5.41) is 3.31. The Morgan fingerprint density at radius 2 is 2.17 bits per heavy atom. The van der Waals surface area contributed by atoms with E-state index in [9.17, 15) is 0 Å². The first-order chi connectivity index (χ1) is 8.83. The topological polar surface area (TPSA) is 50.3 Å². The summed E-state index contributed by atoms with van der Waals surface area (Å²) in [5.41, 5.74) is 1.14. The van der Waals surface area contributed by atoms with E-state index < -0.39 is 0 Å². The molecule has 0 bridgehead atoms. The van der Waals surface area contributed by atoms with Crippen LogP contribution in [0.5, 0.6) is 0 Å². The van der Waals surface area contributed by atoms with Crippen LogP contribution < -0.4 is 10.2 Å². The van der Waals surface area contributed by atoms with Gasteiger partial charge in [0.15, 0.2) is 0 Å². The van der Waals surface area contributed by atoms with Crippen LogP contribution in [0, 0.1) is 0 Å². The van der Waals surface area contributed by atoms with Crippen molar-refractivity contribution in [1.29, 1.82) is 0 Å². The van der Waals surface area contributed by atoms with Gasteiger partial charge in [0, 0.05) is 38.0 Å². The van der Waals surface area contributed by atoms with Crippen molar-refractivity contribution in [1.82, 2.24) is 15.3 Å². The van der Waals surface area contributed by atoms with Crippen molar-refractivity contribution in [3.05, 3.63) is 18.1 Å². The maximum Gasteiger partial charge on any atom is 0.136 e. The van der Waals surface area contributed by atoms with E-state index >= 15 is 0 Å². The molecule has 0 aromatic carbocycles. The Bertz CT molecular complexity index is 333. The lowest BCUT2D eigenvalue weighted by atomic mass is 10.2. The summed E-state index contributed by atoms with van der Waals surface area (Å²) in [4.78, 5) is 10.7. The third-order valence-electron chi connectivity index (χ3n) is 2.72. The molecule has 1 N–H and O–H groups in total. The third-order valence-corrected chi connectivity index (χ3v) is 2.72. The molecule has 5 nitrogen and oxygen atoms in total. The summed E-state index contributed by atoms with van der Waals surface area (Å²) in [7, 11) is 0. The minimum atomic E-state index is 0.731. The molecule has 1 heterocycles.